The molecule has 0 atom stereocenters. The van der Waals surface area contributed by atoms with Crippen LogP contribution in [0.1, 0.15) is 49.9 Å². The van der Waals surface area contributed by atoms with Crippen molar-refractivity contribution in [1.82, 2.24) is 9.97 Å². The van der Waals surface area contributed by atoms with E-state index in [1.54, 1.807) is 0 Å². The first-order valence-electron chi connectivity index (χ1n) is 20.6. The monoisotopic (exact) mass is 757 g/mol. The van der Waals surface area contributed by atoms with Gasteiger partial charge in [0.15, 0.2) is 5.82 Å². The Kier molecular flexibility index (Phi) is 7.87. The molecule has 9 aromatic rings. The Bertz CT molecular complexity index is 3010. The molecule has 1 aromatic heterocycles. The van der Waals surface area contributed by atoms with Gasteiger partial charge in [0.25, 0.3) is 0 Å². The first kappa shape index (κ1) is 35.1. The van der Waals surface area contributed by atoms with Crippen molar-refractivity contribution >= 4 is 28.0 Å². The SMILES string of the molecule is CC1(C)c2ccccc2-c2c(-c3nc(-c4ccccc4)c4ccccc4n3)c3c(c(N(c4ccccc4)c4cccc(-c5ccccc5)c4)c21)C(C)(C)c1ccccc1-3. The van der Waals surface area contributed by atoms with Gasteiger partial charge < -0.3 is 4.90 Å². The molecule has 0 saturated heterocycles. The van der Waals surface area contributed by atoms with Gasteiger partial charge in [0.05, 0.1) is 16.9 Å². The van der Waals surface area contributed by atoms with E-state index >= 15 is 0 Å². The average molecular weight is 758 g/mol. The van der Waals surface area contributed by atoms with Crippen molar-refractivity contribution in [3.63, 3.8) is 0 Å². The lowest BCUT2D eigenvalue weighted by Crippen LogP contribution is -2.26. The van der Waals surface area contributed by atoms with E-state index in [4.69, 9.17) is 9.97 Å². The molecule has 11 rings (SSSR count). The smallest absolute Gasteiger partial charge is 0.161 e. The molecule has 0 N–H and O–H groups in total. The Morgan fingerprint density at radius 3 is 1.53 bits per heavy atom. The normalized spacial score (nSPS) is 14.0. The Hall–Kier alpha value is -7.10. The molecule has 3 nitrogen and oxygen atoms in total. The van der Waals surface area contributed by atoms with Crippen LogP contribution < -0.4 is 4.90 Å². The zero-order valence-corrected chi connectivity index (χ0v) is 33.7. The third-order valence-corrected chi connectivity index (χ3v) is 12.8. The predicted molar refractivity (Wildman–Crippen MR) is 246 cm³/mol. The summed E-state index contributed by atoms with van der Waals surface area (Å²) < 4.78 is 0. The van der Waals surface area contributed by atoms with Crippen molar-refractivity contribution in [3.05, 3.63) is 210 Å². The molecule has 282 valence electrons. The number of para-hydroxylation sites is 2. The Balaban J connectivity index is 1.34. The van der Waals surface area contributed by atoms with Crippen molar-refractivity contribution in [1.29, 1.82) is 0 Å². The van der Waals surface area contributed by atoms with Gasteiger partial charge in [-0.05, 0) is 86.0 Å². The fourth-order valence-corrected chi connectivity index (χ4v) is 10.1. The van der Waals surface area contributed by atoms with Crippen LogP contribution in [0.15, 0.2) is 188 Å². The molecular weight excluding hydrogens is 715 g/mol. The second-order valence-electron chi connectivity index (χ2n) is 16.9. The van der Waals surface area contributed by atoms with Crippen LogP contribution in [0.3, 0.4) is 0 Å². The molecule has 0 aliphatic heterocycles. The summed E-state index contributed by atoms with van der Waals surface area (Å²) in [7, 11) is 0. The van der Waals surface area contributed by atoms with Crippen LogP contribution in [0.25, 0.3) is 66.9 Å². The minimum Gasteiger partial charge on any atom is -0.310 e. The Morgan fingerprint density at radius 1 is 0.407 bits per heavy atom. The molecule has 2 aliphatic rings. The summed E-state index contributed by atoms with van der Waals surface area (Å²) in [4.78, 5) is 13.7. The van der Waals surface area contributed by atoms with E-state index in [0.29, 0.717) is 0 Å². The zero-order chi connectivity index (χ0) is 39.9. The summed E-state index contributed by atoms with van der Waals surface area (Å²) in [5.41, 5.74) is 19.2. The molecule has 2 aliphatic carbocycles. The van der Waals surface area contributed by atoms with Crippen LogP contribution in [0, 0.1) is 0 Å². The summed E-state index contributed by atoms with van der Waals surface area (Å²) in [6.45, 7) is 9.64. The highest BCUT2D eigenvalue weighted by Crippen LogP contribution is 2.66. The second kappa shape index (κ2) is 13.2. The molecule has 59 heavy (non-hydrogen) atoms. The maximum atomic E-state index is 5.65. The van der Waals surface area contributed by atoms with Gasteiger partial charge in [-0.15, -0.1) is 0 Å². The molecule has 0 fully saturated rings. The van der Waals surface area contributed by atoms with E-state index in [0.717, 1.165) is 44.9 Å². The lowest BCUT2D eigenvalue weighted by atomic mass is 9.74. The van der Waals surface area contributed by atoms with Crippen LogP contribution in [-0.2, 0) is 10.8 Å². The lowest BCUT2D eigenvalue weighted by molar-refractivity contribution is 0.640. The van der Waals surface area contributed by atoms with E-state index in [1.807, 2.05) is 0 Å². The van der Waals surface area contributed by atoms with Gasteiger partial charge in [0.2, 0.25) is 0 Å². The van der Waals surface area contributed by atoms with Crippen LogP contribution in [-0.4, -0.2) is 9.97 Å². The molecule has 0 bridgehead atoms. The highest BCUT2D eigenvalue weighted by Gasteiger charge is 2.49. The number of hydrogen-bond acceptors (Lipinski definition) is 3. The molecule has 0 amide bonds. The van der Waals surface area contributed by atoms with Gasteiger partial charge in [-0.2, -0.15) is 0 Å². The summed E-state index contributed by atoms with van der Waals surface area (Å²) in [5, 5.41) is 1.04. The maximum absolute atomic E-state index is 5.65. The van der Waals surface area contributed by atoms with Crippen LogP contribution in [0.4, 0.5) is 17.1 Å². The fourth-order valence-electron chi connectivity index (χ4n) is 10.1. The Labute approximate surface area is 346 Å². The third-order valence-electron chi connectivity index (χ3n) is 12.8. The minimum atomic E-state index is -0.376. The van der Waals surface area contributed by atoms with Crippen LogP contribution in [0.2, 0.25) is 0 Å². The number of rotatable bonds is 6. The molecule has 0 saturated carbocycles. The molecule has 8 aromatic carbocycles. The third kappa shape index (κ3) is 5.27. The lowest BCUT2D eigenvalue weighted by Gasteiger charge is -2.38. The van der Waals surface area contributed by atoms with E-state index in [9.17, 15) is 0 Å². The molecule has 0 spiro atoms. The standard InChI is InChI=1S/C56H43N3/c1-55(2)44-32-17-14-29-41(44)47-49(54-57-46-34-19-16-31-43(46)52(58-54)37-23-10-6-11-24-37)48-42-30-15-18-33-45(42)56(3,4)51(48)53(50(47)55)59(39-26-12-7-13-27-39)40-28-20-25-38(35-40)36-21-8-5-9-22-36/h5-35H,1-4H3. The average Bonchev–Trinajstić information content (AvgIpc) is 3.67. The molecule has 1 heterocycles. The topological polar surface area (TPSA) is 29.0 Å². The number of hydrogen-bond donors (Lipinski definition) is 0. The Morgan fingerprint density at radius 2 is 0.898 bits per heavy atom. The van der Waals surface area contributed by atoms with Crippen molar-refractivity contribution in [2.45, 2.75) is 38.5 Å². The second-order valence-corrected chi connectivity index (χ2v) is 16.9. The van der Waals surface area contributed by atoms with Crippen molar-refractivity contribution in [3.8, 4) is 56.0 Å². The van der Waals surface area contributed by atoms with Gasteiger partial charge in [-0.3, -0.25) is 0 Å². The van der Waals surface area contributed by atoms with Gasteiger partial charge in [0.1, 0.15) is 0 Å². The van der Waals surface area contributed by atoms with E-state index in [1.165, 1.54) is 61.3 Å². The van der Waals surface area contributed by atoms with Crippen LogP contribution in [0.5, 0.6) is 0 Å². The predicted octanol–water partition coefficient (Wildman–Crippen LogP) is 14.7. The van der Waals surface area contributed by atoms with E-state index in [-0.39, 0.29) is 10.8 Å². The summed E-state index contributed by atoms with van der Waals surface area (Å²) >= 11 is 0. The molecular formula is C56H43N3. The zero-order valence-electron chi connectivity index (χ0n) is 33.7. The minimum absolute atomic E-state index is 0.376. The fraction of sp³-hybridized carbons (Fsp3) is 0.107. The number of benzene rings is 8. The molecule has 3 heteroatoms. The number of anilines is 3. The van der Waals surface area contributed by atoms with E-state index < -0.39 is 0 Å². The quantitative estimate of drug-likeness (QED) is 0.169. The van der Waals surface area contributed by atoms with E-state index in [2.05, 4.69) is 221 Å². The summed E-state index contributed by atoms with van der Waals surface area (Å²) in [5.74, 6) is 0.749. The maximum Gasteiger partial charge on any atom is 0.161 e. The number of nitrogens with zero attached hydrogens (tertiary/aromatic N) is 3. The highest BCUT2D eigenvalue weighted by molar-refractivity contribution is 6.09. The van der Waals surface area contributed by atoms with Crippen LogP contribution >= 0.6 is 0 Å². The first-order valence-corrected chi connectivity index (χ1v) is 20.6. The number of aromatic nitrogens is 2. The van der Waals surface area contributed by atoms with Crippen molar-refractivity contribution < 1.29 is 0 Å². The summed E-state index contributed by atoms with van der Waals surface area (Å²) in [6.07, 6.45) is 0. The van der Waals surface area contributed by atoms with Gasteiger partial charge >= 0.3 is 0 Å². The largest absolute Gasteiger partial charge is 0.310 e. The molecule has 0 unspecified atom stereocenters. The van der Waals surface area contributed by atoms with Gasteiger partial charge in [0, 0.05) is 38.7 Å². The first-order chi connectivity index (χ1) is 28.8. The van der Waals surface area contributed by atoms with Gasteiger partial charge in [-0.25, -0.2) is 9.97 Å². The summed E-state index contributed by atoms with van der Waals surface area (Å²) in [6, 6.07) is 67.8. The van der Waals surface area contributed by atoms with Crippen molar-refractivity contribution in [2.24, 2.45) is 0 Å². The van der Waals surface area contributed by atoms with Gasteiger partial charge in [-0.1, -0.05) is 185 Å². The highest BCUT2D eigenvalue weighted by atomic mass is 15.2. The number of fused-ring (bicyclic) bond motifs is 7. The molecule has 0 radical (unpaired) electrons. The van der Waals surface area contributed by atoms with Crippen molar-refractivity contribution in [2.75, 3.05) is 4.90 Å².